The third-order valence-corrected chi connectivity index (χ3v) is 14.8. The monoisotopic (exact) mass is 1110 g/mol. The minimum atomic E-state index is -5.12. The molecule has 13 N–H and O–H groups in total. The first-order valence-electron chi connectivity index (χ1n) is 21.6. The molecule has 0 bridgehead atoms. The SMILES string of the molecule is Nc1ncnc2c1ncn2CO[C@H](COP(O)(=S)OC1C(O)[C@@H](COP(=O)(O)OCCO)O[C@H]1n1cnc2c(N)ncnc21)C(O)COP(=O)(O)OC[C@]1(OCn2cnc3c(N)ncnc32)CCCOC1CO. The molecule has 11 atom stereocenters. The van der Waals surface area contributed by atoms with Crippen LogP contribution in [0.1, 0.15) is 19.1 Å². The number of nitrogen functional groups attached to an aromatic ring is 3. The Morgan fingerprint density at radius 3 is 2.03 bits per heavy atom. The maximum atomic E-state index is 13.5. The largest absolute Gasteiger partial charge is 0.472 e. The van der Waals surface area contributed by atoms with E-state index in [4.69, 9.17) is 75.7 Å². The van der Waals surface area contributed by atoms with Gasteiger partial charge in [0.05, 0.1) is 65.2 Å². The molecule has 7 unspecified atom stereocenters. The van der Waals surface area contributed by atoms with Gasteiger partial charge in [-0.15, -0.1) is 0 Å². The molecule has 38 heteroatoms. The van der Waals surface area contributed by atoms with E-state index in [0.29, 0.717) is 17.6 Å². The molecule has 2 fully saturated rings. The Morgan fingerprint density at radius 2 is 1.38 bits per heavy atom. The lowest BCUT2D eigenvalue weighted by atomic mass is 9.90. The minimum absolute atomic E-state index is 0.0276. The van der Waals surface area contributed by atoms with E-state index < -0.39 is 124 Å². The first kappa shape index (κ1) is 54.7. The molecule has 8 rings (SSSR count). The van der Waals surface area contributed by atoms with E-state index in [2.05, 4.69) is 49.4 Å². The van der Waals surface area contributed by atoms with Crippen molar-refractivity contribution in [3.63, 3.8) is 0 Å². The second-order valence-corrected chi connectivity index (χ2v) is 21.7. The quantitative estimate of drug-likeness (QED) is 0.0262. The van der Waals surface area contributed by atoms with Crippen molar-refractivity contribution in [1.29, 1.82) is 0 Å². The summed E-state index contributed by atoms with van der Waals surface area (Å²) in [6.45, 7) is -10.1. The van der Waals surface area contributed by atoms with Crippen LogP contribution in [-0.2, 0) is 80.5 Å². The molecule has 8 heterocycles. The van der Waals surface area contributed by atoms with E-state index >= 15 is 0 Å². The maximum Gasteiger partial charge on any atom is 0.472 e. The van der Waals surface area contributed by atoms with Gasteiger partial charge in [-0.2, -0.15) is 0 Å². The number of aliphatic hydroxyl groups is 4. The summed E-state index contributed by atoms with van der Waals surface area (Å²) in [7, 11) is -9.89. The standard InChI is InChI=1S/C35H50N15O19P3S/c36-28-23-31(42-11-39-28)48(14-45-23)17-61-20(19(53)7-64-71(57,58)67-10-35(2-1-4-60-22(35)6-52)62-18-49-15-46-24-29(37)40-12-43-32(24)49)8-66-72(59,73)69-27-26(54)21(9-65-70(55,56)63-5-3-51)68-34(27)50-16-47-25-30(38)41-13-44-33(25)50/h11-16,19-22,26-27,34,51-54H,1-10,17-18H2,(H,55,56)(H,57,58)(H,59,73)(H2,36,39,42)(H2,37,40,43)(H2,38,41,44)/t19?,20-,21-,22?,26?,27?,34-,35-,72?/m1/s1. The van der Waals surface area contributed by atoms with E-state index in [9.17, 15) is 39.1 Å². The number of rotatable bonds is 26. The third-order valence-electron chi connectivity index (χ3n) is 11.3. The molecule has 0 saturated carbocycles. The van der Waals surface area contributed by atoms with Gasteiger partial charge in [-0.25, -0.2) is 54.0 Å². The topological polar surface area (TPSA) is 477 Å². The molecule has 0 spiro atoms. The van der Waals surface area contributed by atoms with Crippen molar-refractivity contribution in [2.45, 2.75) is 74.8 Å². The summed E-state index contributed by atoms with van der Waals surface area (Å²) in [5.41, 5.74) is 17.5. The van der Waals surface area contributed by atoms with Crippen molar-refractivity contribution in [2.75, 3.05) is 70.1 Å². The lowest BCUT2D eigenvalue weighted by Gasteiger charge is -2.42. The molecule has 6 aromatic heterocycles. The molecule has 2 aliphatic heterocycles. The fourth-order valence-electron chi connectivity index (χ4n) is 7.60. The van der Waals surface area contributed by atoms with Crippen LogP contribution in [-0.4, -0.2) is 189 Å². The highest BCUT2D eigenvalue weighted by atomic mass is 32.5. The van der Waals surface area contributed by atoms with Crippen LogP contribution in [0.4, 0.5) is 17.5 Å². The first-order chi connectivity index (χ1) is 34.8. The average Bonchev–Trinajstić information content (AvgIpc) is 4.17. The number of aromatic nitrogens is 12. The number of nitrogens with two attached hydrogens (primary N) is 3. The van der Waals surface area contributed by atoms with Gasteiger partial charge in [0.2, 0.25) is 0 Å². The van der Waals surface area contributed by atoms with Crippen LogP contribution >= 0.6 is 22.4 Å². The van der Waals surface area contributed by atoms with Gasteiger partial charge in [-0.3, -0.25) is 36.3 Å². The Hall–Kier alpha value is -4.52. The summed E-state index contributed by atoms with van der Waals surface area (Å²) in [5, 5.41) is 42.3. The summed E-state index contributed by atoms with van der Waals surface area (Å²) in [6.07, 6.45) is -2.93. The molecule has 0 radical (unpaired) electrons. The van der Waals surface area contributed by atoms with Gasteiger partial charge in [-0.05, 0) is 24.6 Å². The summed E-state index contributed by atoms with van der Waals surface area (Å²) in [5.74, 6) is 0.144. The Bertz CT molecular complexity index is 3000. The van der Waals surface area contributed by atoms with Crippen LogP contribution in [0.2, 0.25) is 0 Å². The highest BCUT2D eigenvalue weighted by Gasteiger charge is 2.50. The van der Waals surface area contributed by atoms with E-state index in [1.165, 1.54) is 45.3 Å². The number of phosphoric acid groups is 2. The number of aliphatic hydroxyl groups excluding tert-OH is 4. The zero-order valence-corrected chi connectivity index (χ0v) is 41.4. The van der Waals surface area contributed by atoms with Crippen LogP contribution < -0.4 is 17.2 Å². The Kier molecular flexibility index (Phi) is 17.4. The molecule has 2 saturated heterocycles. The molecule has 6 aromatic rings. The van der Waals surface area contributed by atoms with Crippen molar-refractivity contribution < 1.29 is 90.3 Å². The molecular weight excluding hydrogens is 1060 g/mol. The van der Waals surface area contributed by atoms with E-state index in [-0.39, 0.29) is 59.5 Å². The van der Waals surface area contributed by atoms with E-state index in [1.807, 2.05) is 0 Å². The van der Waals surface area contributed by atoms with Gasteiger partial charge < -0.3 is 75.8 Å². The molecule has 34 nitrogen and oxygen atoms in total. The summed E-state index contributed by atoms with van der Waals surface area (Å²) in [4.78, 5) is 69.4. The number of hydrogen-bond acceptors (Lipinski definition) is 29. The minimum Gasteiger partial charge on any atom is -0.394 e. The van der Waals surface area contributed by atoms with Crippen molar-refractivity contribution in [2.24, 2.45) is 0 Å². The average molecular weight is 1110 g/mol. The number of ether oxygens (including phenoxy) is 4. The normalized spacial score (nSPS) is 24.9. The number of anilines is 3. The van der Waals surface area contributed by atoms with Crippen molar-refractivity contribution >= 4 is 85.1 Å². The Morgan fingerprint density at radius 1 is 0.781 bits per heavy atom. The van der Waals surface area contributed by atoms with Crippen LogP contribution in [0, 0.1) is 0 Å². The van der Waals surface area contributed by atoms with Gasteiger partial charge in [0.25, 0.3) is 0 Å². The summed E-state index contributed by atoms with van der Waals surface area (Å²) >= 11 is 5.37. The Balaban J connectivity index is 0.972. The van der Waals surface area contributed by atoms with Gasteiger partial charge >= 0.3 is 22.4 Å². The predicted molar refractivity (Wildman–Crippen MR) is 248 cm³/mol. The highest BCUT2D eigenvalue weighted by Crippen LogP contribution is 2.51. The maximum absolute atomic E-state index is 13.5. The number of fused-ring (bicyclic) bond motifs is 3. The predicted octanol–water partition coefficient (Wildman–Crippen LogP) is -2.02. The molecule has 0 aromatic carbocycles. The van der Waals surface area contributed by atoms with E-state index in [0.717, 1.165) is 6.33 Å². The van der Waals surface area contributed by atoms with Crippen molar-refractivity contribution in [3.8, 4) is 0 Å². The number of phosphoric ester groups is 2. The lowest BCUT2D eigenvalue weighted by molar-refractivity contribution is -0.216. The third kappa shape index (κ3) is 12.8. The van der Waals surface area contributed by atoms with Crippen LogP contribution in [0.15, 0.2) is 38.0 Å². The Labute approximate surface area is 415 Å². The number of hydrogen-bond donors (Lipinski definition) is 10. The second-order valence-electron chi connectivity index (χ2n) is 16.0. The zero-order chi connectivity index (χ0) is 52.1. The molecule has 73 heavy (non-hydrogen) atoms. The van der Waals surface area contributed by atoms with Gasteiger partial charge in [0, 0.05) is 6.61 Å². The number of imidazole rings is 3. The fourth-order valence-corrected chi connectivity index (χ4v) is 10.5. The van der Waals surface area contributed by atoms with Gasteiger partial charge in [0.15, 0.2) is 40.6 Å². The smallest absolute Gasteiger partial charge is 0.394 e. The molecule has 2 aliphatic rings. The molecule has 0 aliphatic carbocycles. The highest BCUT2D eigenvalue weighted by molar-refractivity contribution is 8.07. The van der Waals surface area contributed by atoms with Crippen molar-refractivity contribution in [3.05, 3.63) is 38.0 Å². The van der Waals surface area contributed by atoms with Crippen LogP contribution in [0.5, 0.6) is 0 Å². The van der Waals surface area contributed by atoms with Gasteiger partial charge in [0.1, 0.15) is 91.2 Å². The van der Waals surface area contributed by atoms with Crippen molar-refractivity contribution in [1.82, 2.24) is 58.6 Å². The first-order valence-corrected chi connectivity index (χ1v) is 27.2. The summed E-state index contributed by atoms with van der Waals surface area (Å²) in [6, 6.07) is 0. The molecular formula is C35H50N15O19P3S. The molecule has 0 amide bonds. The lowest BCUT2D eigenvalue weighted by Crippen LogP contribution is -2.54. The van der Waals surface area contributed by atoms with Crippen LogP contribution in [0.3, 0.4) is 0 Å². The number of nitrogens with zero attached hydrogens (tertiary/aromatic N) is 12. The van der Waals surface area contributed by atoms with Crippen LogP contribution in [0.25, 0.3) is 33.5 Å². The van der Waals surface area contributed by atoms with Gasteiger partial charge in [-0.1, -0.05) is 0 Å². The fraction of sp³-hybridized carbons (Fsp3) is 0.571. The zero-order valence-electron chi connectivity index (χ0n) is 37.9. The summed E-state index contributed by atoms with van der Waals surface area (Å²) < 4.78 is 85.8. The molecule has 400 valence electrons. The van der Waals surface area contributed by atoms with E-state index in [1.54, 1.807) is 0 Å². The second kappa shape index (κ2) is 23.2.